The number of piperidine rings is 1. The van der Waals surface area contributed by atoms with Crippen molar-refractivity contribution in [2.24, 2.45) is 5.92 Å². The van der Waals surface area contributed by atoms with Crippen LogP contribution in [0.2, 0.25) is 0 Å². The highest BCUT2D eigenvalue weighted by molar-refractivity contribution is 7.89. The Morgan fingerprint density at radius 2 is 1.70 bits per heavy atom. The lowest BCUT2D eigenvalue weighted by atomic mass is 9.95. The van der Waals surface area contributed by atoms with Crippen molar-refractivity contribution in [3.8, 4) is 5.75 Å². The normalized spacial score (nSPS) is 19.9. The molecule has 0 atom stereocenters. The van der Waals surface area contributed by atoms with Crippen LogP contribution < -0.4 is 4.74 Å². The number of rotatable bonds is 6. The van der Waals surface area contributed by atoms with Crippen LogP contribution >= 0.6 is 0 Å². The average molecular weight is 395 g/mol. The van der Waals surface area contributed by atoms with E-state index in [4.69, 9.17) is 4.74 Å². The van der Waals surface area contributed by atoms with Crippen LogP contribution in [0.3, 0.4) is 0 Å². The van der Waals surface area contributed by atoms with Gasteiger partial charge in [-0.1, -0.05) is 12.8 Å². The zero-order valence-corrected chi connectivity index (χ0v) is 17.1. The molecule has 27 heavy (non-hydrogen) atoms. The van der Waals surface area contributed by atoms with E-state index >= 15 is 0 Å². The maximum absolute atomic E-state index is 13.0. The third-order valence-electron chi connectivity index (χ3n) is 5.89. The second kappa shape index (κ2) is 8.61. The first-order valence-electron chi connectivity index (χ1n) is 9.92. The van der Waals surface area contributed by atoms with Crippen molar-refractivity contribution in [2.45, 2.75) is 56.4 Å². The third kappa shape index (κ3) is 4.29. The van der Waals surface area contributed by atoms with E-state index in [9.17, 15) is 13.2 Å². The fraction of sp³-hybridized carbons (Fsp3) is 0.650. The molecule has 0 aromatic heterocycles. The molecular formula is C20H30N2O4S. The molecule has 1 aromatic rings. The van der Waals surface area contributed by atoms with Crippen LogP contribution in [0.5, 0.6) is 5.75 Å². The zero-order chi connectivity index (χ0) is 19.4. The quantitative estimate of drug-likeness (QED) is 0.744. The highest BCUT2D eigenvalue weighted by Crippen LogP contribution is 2.29. The molecule has 1 aliphatic carbocycles. The van der Waals surface area contributed by atoms with E-state index in [1.165, 1.54) is 17.1 Å². The summed E-state index contributed by atoms with van der Waals surface area (Å²) in [4.78, 5) is 15.3. The van der Waals surface area contributed by atoms with Crippen LogP contribution in [0.1, 0.15) is 45.4 Å². The molecule has 0 radical (unpaired) electrons. The third-order valence-corrected chi connectivity index (χ3v) is 7.80. The Morgan fingerprint density at radius 3 is 2.22 bits per heavy atom. The molecule has 0 spiro atoms. The Balaban J connectivity index is 1.62. The molecule has 1 aromatic carbocycles. The smallest absolute Gasteiger partial charge is 0.243 e. The van der Waals surface area contributed by atoms with E-state index in [-0.39, 0.29) is 16.7 Å². The Kier molecular flexibility index (Phi) is 6.42. The van der Waals surface area contributed by atoms with Crippen LogP contribution in [0, 0.1) is 5.92 Å². The fourth-order valence-corrected chi connectivity index (χ4v) is 5.75. The van der Waals surface area contributed by atoms with E-state index in [1.807, 2.05) is 11.8 Å². The van der Waals surface area contributed by atoms with Gasteiger partial charge in [0.25, 0.3) is 0 Å². The molecule has 1 heterocycles. The van der Waals surface area contributed by atoms with Gasteiger partial charge in [-0.2, -0.15) is 4.31 Å². The molecule has 1 aliphatic heterocycles. The summed E-state index contributed by atoms with van der Waals surface area (Å²) in [5.41, 5.74) is 0. The van der Waals surface area contributed by atoms with E-state index in [0.29, 0.717) is 37.7 Å². The molecule has 150 valence electrons. The fourth-order valence-electron chi connectivity index (χ4n) is 4.28. The molecule has 1 saturated carbocycles. The van der Waals surface area contributed by atoms with Gasteiger partial charge in [-0.3, -0.25) is 4.79 Å². The zero-order valence-electron chi connectivity index (χ0n) is 16.3. The monoisotopic (exact) mass is 394 g/mol. The molecule has 0 unspecified atom stereocenters. The van der Waals surface area contributed by atoms with Crippen molar-refractivity contribution >= 4 is 15.9 Å². The average Bonchev–Trinajstić information content (AvgIpc) is 3.23. The molecule has 7 heteroatoms. The topological polar surface area (TPSA) is 66.9 Å². The molecule has 3 rings (SSSR count). The van der Waals surface area contributed by atoms with Crippen LogP contribution in [0.4, 0.5) is 0 Å². The van der Waals surface area contributed by atoms with E-state index in [1.54, 1.807) is 31.4 Å². The first-order chi connectivity index (χ1) is 13.0. The van der Waals surface area contributed by atoms with Gasteiger partial charge >= 0.3 is 0 Å². The number of nitrogens with zero attached hydrogens (tertiary/aromatic N) is 2. The Hall–Kier alpha value is -1.60. The van der Waals surface area contributed by atoms with E-state index < -0.39 is 10.0 Å². The number of hydrogen-bond donors (Lipinski definition) is 0. The SMILES string of the molecule is CCN(C(=O)C1CCN(S(=O)(=O)c2ccc(OC)cc2)CC1)C1CCCC1. The van der Waals surface area contributed by atoms with Gasteiger partial charge in [0.2, 0.25) is 15.9 Å². The predicted molar refractivity (Wildman–Crippen MR) is 104 cm³/mol. The second-order valence-corrected chi connectivity index (χ2v) is 9.35. The maximum atomic E-state index is 13.0. The minimum absolute atomic E-state index is 0.0622. The van der Waals surface area contributed by atoms with Gasteiger partial charge in [0.15, 0.2) is 0 Å². The highest BCUT2D eigenvalue weighted by Gasteiger charge is 2.35. The van der Waals surface area contributed by atoms with Crippen molar-refractivity contribution in [1.29, 1.82) is 0 Å². The minimum Gasteiger partial charge on any atom is -0.497 e. The Bertz CT molecular complexity index is 734. The molecular weight excluding hydrogens is 364 g/mol. The number of ether oxygens (including phenoxy) is 1. The molecule has 0 bridgehead atoms. The van der Waals surface area contributed by atoms with Gasteiger partial charge in [-0.05, 0) is 56.9 Å². The minimum atomic E-state index is -3.52. The number of carbonyl (C=O) groups excluding carboxylic acids is 1. The lowest BCUT2D eigenvalue weighted by Gasteiger charge is -2.35. The summed E-state index contributed by atoms with van der Waals surface area (Å²) in [6.07, 6.45) is 5.80. The van der Waals surface area contributed by atoms with Crippen LogP contribution in [-0.4, -0.2) is 56.3 Å². The molecule has 1 saturated heterocycles. The van der Waals surface area contributed by atoms with Gasteiger partial charge in [0.1, 0.15) is 5.75 Å². The van der Waals surface area contributed by atoms with Gasteiger partial charge < -0.3 is 9.64 Å². The van der Waals surface area contributed by atoms with Crippen molar-refractivity contribution in [3.63, 3.8) is 0 Å². The van der Waals surface area contributed by atoms with E-state index in [0.717, 1.165) is 19.4 Å². The molecule has 6 nitrogen and oxygen atoms in total. The predicted octanol–water partition coefficient (Wildman–Crippen LogP) is 2.89. The van der Waals surface area contributed by atoms with Crippen LogP contribution in [0.25, 0.3) is 0 Å². The summed E-state index contributed by atoms with van der Waals surface area (Å²) < 4.78 is 32.3. The number of hydrogen-bond acceptors (Lipinski definition) is 4. The summed E-state index contributed by atoms with van der Waals surface area (Å²) in [7, 11) is -1.97. The number of sulfonamides is 1. The number of amides is 1. The molecule has 2 fully saturated rings. The molecule has 2 aliphatic rings. The van der Waals surface area contributed by atoms with Gasteiger partial charge in [0.05, 0.1) is 12.0 Å². The van der Waals surface area contributed by atoms with E-state index in [2.05, 4.69) is 0 Å². The largest absolute Gasteiger partial charge is 0.497 e. The Morgan fingerprint density at radius 1 is 1.11 bits per heavy atom. The van der Waals surface area contributed by atoms with Crippen molar-refractivity contribution in [3.05, 3.63) is 24.3 Å². The number of methoxy groups -OCH3 is 1. The highest BCUT2D eigenvalue weighted by atomic mass is 32.2. The summed E-state index contributed by atoms with van der Waals surface area (Å²) in [5.74, 6) is 0.781. The first kappa shape index (κ1) is 20.1. The number of carbonyl (C=O) groups is 1. The lowest BCUT2D eigenvalue weighted by Crippen LogP contribution is -2.47. The summed E-state index contributed by atoms with van der Waals surface area (Å²) >= 11 is 0. The van der Waals surface area contributed by atoms with Crippen LogP contribution in [-0.2, 0) is 14.8 Å². The van der Waals surface area contributed by atoms with Crippen molar-refractivity contribution in [1.82, 2.24) is 9.21 Å². The maximum Gasteiger partial charge on any atom is 0.243 e. The molecule has 1 amide bonds. The first-order valence-corrected chi connectivity index (χ1v) is 11.4. The summed E-state index contributed by atoms with van der Waals surface area (Å²) in [5, 5.41) is 0. The number of benzene rings is 1. The Labute approximate surface area is 162 Å². The molecule has 0 N–H and O–H groups in total. The standard InChI is InChI=1S/C20H30N2O4S/c1-3-22(17-6-4-5-7-17)20(23)16-12-14-21(15-13-16)27(24,25)19-10-8-18(26-2)9-11-19/h8-11,16-17H,3-7,12-15H2,1-2H3. The second-order valence-electron chi connectivity index (χ2n) is 7.42. The van der Waals surface area contributed by atoms with Crippen molar-refractivity contribution in [2.75, 3.05) is 26.7 Å². The summed E-state index contributed by atoms with van der Waals surface area (Å²) in [6.45, 7) is 3.58. The summed E-state index contributed by atoms with van der Waals surface area (Å²) in [6, 6.07) is 6.84. The van der Waals surface area contributed by atoms with Crippen LogP contribution in [0.15, 0.2) is 29.2 Å². The van der Waals surface area contributed by atoms with Crippen molar-refractivity contribution < 1.29 is 17.9 Å². The van der Waals surface area contributed by atoms with Gasteiger partial charge in [-0.25, -0.2) is 8.42 Å². The lowest BCUT2D eigenvalue weighted by molar-refractivity contribution is -0.138. The van der Waals surface area contributed by atoms with Gasteiger partial charge in [-0.15, -0.1) is 0 Å². The van der Waals surface area contributed by atoms with Gasteiger partial charge in [0, 0.05) is 31.6 Å².